The van der Waals surface area contributed by atoms with E-state index in [4.69, 9.17) is 16.3 Å². The second-order valence-electron chi connectivity index (χ2n) is 10.7. The number of benzene rings is 3. The average Bonchev–Trinajstić information content (AvgIpc) is 3.70. The summed E-state index contributed by atoms with van der Waals surface area (Å²) in [6, 6.07) is 20.2. The summed E-state index contributed by atoms with van der Waals surface area (Å²) in [5, 5.41) is 34.3. The number of carboxylic acids is 1. The Morgan fingerprint density at radius 1 is 1.12 bits per heavy atom. The number of likely N-dealkylation sites (tertiary alicyclic amines) is 1. The number of aliphatic hydroxyl groups excluding tert-OH is 1. The van der Waals surface area contributed by atoms with Gasteiger partial charge in [-0.25, -0.2) is 4.39 Å². The van der Waals surface area contributed by atoms with Gasteiger partial charge in [-0.2, -0.15) is 15.4 Å². The van der Waals surface area contributed by atoms with Crippen molar-refractivity contribution >= 4 is 23.5 Å². The van der Waals surface area contributed by atoms with Crippen molar-refractivity contribution in [2.45, 2.75) is 38.3 Å². The molecule has 12 heteroatoms. The maximum absolute atomic E-state index is 14.4. The Balaban J connectivity index is 1.32. The van der Waals surface area contributed by atoms with Crippen molar-refractivity contribution in [3.05, 3.63) is 107 Å². The predicted octanol–water partition coefficient (Wildman–Crippen LogP) is 4.26. The first-order valence-corrected chi connectivity index (χ1v) is 14.1. The number of hydrogen-bond acceptors (Lipinski definition) is 7. The molecular formula is C31H31ClFN5O5. The van der Waals surface area contributed by atoms with E-state index in [2.05, 4.69) is 20.7 Å². The number of amides is 1. The van der Waals surface area contributed by atoms with E-state index in [1.165, 1.54) is 18.3 Å². The lowest BCUT2D eigenvalue weighted by molar-refractivity contribution is -0.196. The molecule has 4 N–H and O–H groups in total. The van der Waals surface area contributed by atoms with Crippen molar-refractivity contribution in [3.8, 4) is 11.1 Å². The van der Waals surface area contributed by atoms with E-state index in [1.54, 1.807) is 35.2 Å². The monoisotopic (exact) mass is 607 g/mol. The Morgan fingerprint density at radius 2 is 1.88 bits per heavy atom. The third kappa shape index (κ3) is 7.44. The standard InChI is InChI=1S/C31H31ClFN5O5/c32-23-10-11-26(33)25(15-23)22-8-6-20(7-9-22)14-24(35-28(39)27-17-34-37-36-27)16-31(29(40)41)12-13-38(19-31)30(42)43-18-21-4-2-1-3-5-21/h1-11,15,17,24,30,42H,12-14,16,18-19H2,(H,35,39)(H,40,41)(H,34,36,37)/t24-,30?,31?/m1/s1. The first-order valence-electron chi connectivity index (χ1n) is 13.7. The fourth-order valence-corrected chi connectivity index (χ4v) is 5.58. The molecule has 1 fully saturated rings. The maximum atomic E-state index is 14.4. The quantitative estimate of drug-likeness (QED) is 0.175. The van der Waals surface area contributed by atoms with Gasteiger partial charge in [-0.1, -0.05) is 66.2 Å². The zero-order chi connectivity index (χ0) is 30.4. The number of nitrogens with one attached hydrogen (secondary N) is 2. The Kier molecular flexibility index (Phi) is 9.46. The molecule has 3 atom stereocenters. The second-order valence-corrected chi connectivity index (χ2v) is 11.1. The van der Waals surface area contributed by atoms with E-state index in [9.17, 15) is 24.2 Å². The molecular weight excluding hydrogens is 577 g/mol. The Bertz CT molecular complexity index is 1540. The smallest absolute Gasteiger partial charge is 0.311 e. The molecule has 0 radical (unpaired) electrons. The van der Waals surface area contributed by atoms with E-state index in [0.717, 1.165) is 11.1 Å². The summed E-state index contributed by atoms with van der Waals surface area (Å²) in [5.74, 6) is -1.94. The van der Waals surface area contributed by atoms with Crippen molar-refractivity contribution in [2.75, 3.05) is 13.1 Å². The van der Waals surface area contributed by atoms with Gasteiger partial charge < -0.3 is 20.3 Å². The number of carbonyl (C=O) groups excluding carboxylic acids is 1. The van der Waals surface area contributed by atoms with E-state index < -0.39 is 35.6 Å². The normalized spacial score (nSPS) is 18.3. The van der Waals surface area contributed by atoms with Gasteiger partial charge in [0.05, 0.1) is 18.2 Å². The molecule has 0 aliphatic carbocycles. The van der Waals surface area contributed by atoms with Crippen LogP contribution < -0.4 is 5.32 Å². The summed E-state index contributed by atoms with van der Waals surface area (Å²) < 4.78 is 20.0. The highest BCUT2D eigenvalue weighted by Crippen LogP contribution is 2.37. The van der Waals surface area contributed by atoms with Gasteiger partial charge in [0.25, 0.3) is 5.91 Å². The Hall–Kier alpha value is -4.16. The lowest BCUT2D eigenvalue weighted by Crippen LogP contribution is -2.46. The highest BCUT2D eigenvalue weighted by atomic mass is 35.5. The van der Waals surface area contributed by atoms with Crippen LogP contribution in [0, 0.1) is 11.2 Å². The molecule has 4 aromatic rings. The van der Waals surface area contributed by atoms with Crippen molar-refractivity contribution in [1.29, 1.82) is 0 Å². The number of carboxylic acid groups (broad SMARTS) is 1. The minimum Gasteiger partial charge on any atom is -0.481 e. The summed E-state index contributed by atoms with van der Waals surface area (Å²) in [7, 11) is 0. The molecule has 0 saturated carbocycles. The van der Waals surface area contributed by atoms with Gasteiger partial charge in [0, 0.05) is 29.7 Å². The molecule has 2 heterocycles. The van der Waals surface area contributed by atoms with Gasteiger partial charge in [0.2, 0.25) is 6.41 Å². The zero-order valence-electron chi connectivity index (χ0n) is 23.1. The van der Waals surface area contributed by atoms with Crippen LogP contribution in [-0.2, 0) is 22.6 Å². The van der Waals surface area contributed by atoms with Crippen molar-refractivity contribution in [3.63, 3.8) is 0 Å². The minimum absolute atomic E-state index is 0.0294. The number of H-pyrrole nitrogens is 1. The Morgan fingerprint density at radius 3 is 2.58 bits per heavy atom. The van der Waals surface area contributed by atoms with Crippen molar-refractivity contribution in [2.24, 2.45) is 5.41 Å². The summed E-state index contributed by atoms with van der Waals surface area (Å²) in [6.45, 7) is 0.498. The summed E-state index contributed by atoms with van der Waals surface area (Å²) in [4.78, 5) is 27.2. The van der Waals surface area contributed by atoms with Crippen LogP contribution in [0.4, 0.5) is 4.39 Å². The van der Waals surface area contributed by atoms with E-state index in [-0.39, 0.29) is 31.7 Å². The highest BCUT2D eigenvalue weighted by molar-refractivity contribution is 6.30. The lowest BCUT2D eigenvalue weighted by atomic mass is 9.79. The number of aromatic nitrogens is 3. The van der Waals surface area contributed by atoms with Crippen LogP contribution in [0.25, 0.3) is 11.1 Å². The Labute approximate surface area is 252 Å². The molecule has 5 rings (SSSR count). The first kappa shape index (κ1) is 30.3. The molecule has 2 unspecified atom stereocenters. The van der Waals surface area contributed by atoms with E-state index in [0.29, 0.717) is 29.1 Å². The molecule has 1 saturated heterocycles. The summed E-state index contributed by atoms with van der Waals surface area (Å²) in [6.07, 6.45) is 0.620. The van der Waals surface area contributed by atoms with E-state index in [1.807, 2.05) is 30.3 Å². The SMILES string of the molecule is O=C(N[C@H](Cc1ccc(-c2cc(Cl)ccc2F)cc1)CC1(C(=O)O)CCN(C(O)OCc2ccccc2)C1)c1cn[nH]n1. The van der Waals surface area contributed by atoms with Crippen LogP contribution in [0.2, 0.25) is 5.02 Å². The van der Waals surface area contributed by atoms with Crippen LogP contribution in [0.5, 0.6) is 0 Å². The number of halogens is 2. The molecule has 224 valence electrons. The first-order chi connectivity index (χ1) is 20.7. The molecule has 1 aliphatic heterocycles. The molecule has 3 aromatic carbocycles. The van der Waals surface area contributed by atoms with Crippen molar-refractivity contribution in [1.82, 2.24) is 25.6 Å². The molecule has 1 aliphatic rings. The topological polar surface area (TPSA) is 141 Å². The number of rotatable bonds is 12. The van der Waals surface area contributed by atoms with Crippen LogP contribution in [0.3, 0.4) is 0 Å². The summed E-state index contributed by atoms with van der Waals surface area (Å²) >= 11 is 6.06. The second kappa shape index (κ2) is 13.4. The van der Waals surface area contributed by atoms with Gasteiger partial charge in [-0.15, -0.1) is 0 Å². The number of nitrogens with zero attached hydrogens (tertiary/aromatic N) is 3. The molecule has 10 nitrogen and oxygen atoms in total. The van der Waals surface area contributed by atoms with Crippen molar-refractivity contribution < 1.29 is 28.9 Å². The maximum Gasteiger partial charge on any atom is 0.311 e. The van der Waals surface area contributed by atoms with Gasteiger partial charge in [0.1, 0.15) is 5.82 Å². The van der Waals surface area contributed by atoms with Gasteiger partial charge in [0.15, 0.2) is 5.69 Å². The highest BCUT2D eigenvalue weighted by Gasteiger charge is 2.48. The van der Waals surface area contributed by atoms with Gasteiger partial charge in [-0.3, -0.25) is 14.5 Å². The predicted molar refractivity (Wildman–Crippen MR) is 156 cm³/mol. The van der Waals surface area contributed by atoms with Crippen LogP contribution in [-0.4, -0.2) is 67.9 Å². The number of hydrogen-bond donors (Lipinski definition) is 4. The largest absolute Gasteiger partial charge is 0.481 e. The lowest BCUT2D eigenvalue weighted by Gasteiger charge is -2.31. The minimum atomic E-state index is -1.29. The third-order valence-electron chi connectivity index (χ3n) is 7.69. The average molecular weight is 608 g/mol. The van der Waals surface area contributed by atoms with Crippen LogP contribution in [0.15, 0.2) is 79.0 Å². The molecule has 1 aromatic heterocycles. The van der Waals surface area contributed by atoms with E-state index >= 15 is 0 Å². The molecule has 0 bridgehead atoms. The number of ether oxygens (including phenoxy) is 1. The van der Waals surface area contributed by atoms with Crippen LogP contribution >= 0.6 is 11.6 Å². The van der Waals surface area contributed by atoms with Crippen LogP contribution in [0.1, 0.15) is 34.5 Å². The van der Waals surface area contributed by atoms with Gasteiger partial charge >= 0.3 is 5.97 Å². The fourth-order valence-electron chi connectivity index (χ4n) is 5.41. The number of aliphatic hydroxyl groups is 1. The summed E-state index contributed by atoms with van der Waals surface area (Å²) in [5.41, 5.74) is 1.48. The fraction of sp³-hybridized carbons (Fsp3) is 0.290. The molecule has 0 spiro atoms. The number of carbonyl (C=O) groups is 2. The third-order valence-corrected chi connectivity index (χ3v) is 7.92. The number of aromatic amines is 1. The molecule has 43 heavy (non-hydrogen) atoms. The molecule has 1 amide bonds. The van der Waals surface area contributed by atoms with Gasteiger partial charge in [-0.05, 0) is 54.2 Å². The zero-order valence-corrected chi connectivity index (χ0v) is 23.9. The number of aliphatic carboxylic acids is 1.